The summed E-state index contributed by atoms with van der Waals surface area (Å²) in [5.74, 6) is -0.355. The average molecular weight is 431 g/mol. The summed E-state index contributed by atoms with van der Waals surface area (Å²) in [4.78, 5) is 28.5. The number of nitrogens with one attached hydrogen (secondary N) is 1. The Balaban J connectivity index is 1.59. The molecule has 4 nitrogen and oxygen atoms in total. The Morgan fingerprint density at radius 1 is 1.00 bits per heavy atom. The number of anilines is 1. The zero-order valence-electron chi connectivity index (χ0n) is 17.2. The second kappa shape index (κ2) is 8.78. The van der Waals surface area contributed by atoms with E-state index in [1.54, 1.807) is 30.3 Å². The molecule has 1 aliphatic rings. The molecule has 156 valence electrons. The first-order valence-electron chi connectivity index (χ1n) is 10.2. The zero-order chi connectivity index (χ0) is 21.8. The van der Waals surface area contributed by atoms with Gasteiger partial charge in [0.05, 0.1) is 5.69 Å². The van der Waals surface area contributed by atoms with E-state index in [4.69, 9.17) is 11.6 Å². The number of carbonyl (C=O) groups is 2. The third-order valence-electron chi connectivity index (χ3n) is 5.63. The molecule has 1 amide bonds. The van der Waals surface area contributed by atoms with Crippen molar-refractivity contribution in [2.45, 2.75) is 25.4 Å². The minimum absolute atomic E-state index is 0.169. The summed E-state index contributed by atoms with van der Waals surface area (Å²) in [7, 11) is 0. The van der Waals surface area contributed by atoms with Crippen molar-refractivity contribution >= 4 is 29.0 Å². The Morgan fingerprint density at radius 3 is 2.39 bits per heavy atom. The number of amides is 1. The molecule has 0 aromatic heterocycles. The first-order chi connectivity index (χ1) is 15.0. The zero-order valence-corrected chi connectivity index (χ0v) is 18.0. The third kappa shape index (κ3) is 4.39. The Hall–Kier alpha value is -3.37. The van der Waals surface area contributed by atoms with Crippen molar-refractivity contribution in [1.82, 2.24) is 4.90 Å². The van der Waals surface area contributed by atoms with Crippen LogP contribution in [0.3, 0.4) is 0 Å². The first-order valence-corrected chi connectivity index (χ1v) is 10.5. The van der Waals surface area contributed by atoms with Gasteiger partial charge in [0, 0.05) is 22.7 Å². The van der Waals surface area contributed by atoms with Gasteiger partial charge in [0.25, 0.3) is 0 Å². The van der Waals surface area contributed by atoms with Gasteiger partial charge in [-0.15, -0.1) is 0 Å². The van der Waals surface area contributed by atoms with Crippen molar-refractivity contribution in [3.63, 3.8) is 0 Å². The van der Waals surface area contributed by atoms with Crippen LogP contribution in [0.5, 0.6) is 0 Å². The monoisotopic (exact) mass is 430 g/mol. The van der Waals surface area contributed by atoms with Crippen LogP contribution in [-0.4, -0.2) is 22.1 Å². The lowest BCUT2D eigenvalue weighted by molar-refractivity contribution is -0.125. The number of halogens is 1. The summed E-state index contributed by atoms with van der Waals surface area (Å²) in [6.45, 7) is 2.54. The van der Waals surface area contributed by atoms with Crippen molar-refractivity contribution < 1.29 is 9.59 Å². The largest absolute Gasteiger partial charge is 0.359 e. The number of nitrogens with zero attached hydrogens (tertiary/aromatic N) is 1. The number of rotatable bonds is 6. The van der Waals surface area contributed by atoms with Gasteiger partial charge in [-0.1, -0.05) is 78.3 Å². The lowest BCUT2D eigenvalue weighted by atomic mass is 9.95. The molecule has 3 aromatic rings. The van der Waals surface area contributed by atoms with Gasteiger partial charge in [0.2, 0.25) is 5.91 Å². The van der Waals surface area contributed by atoms with Crippen LogP contribution in [0.25, 0.3) is 0 Å². The SMILES string of the molecule is C[C@@]1(C(=O)Nc2ccc(Cl)cc2C(=O)c2ccccc2)CC=CN1Cc1ccccc1. The second-order valence-electron chi connectivity index (χ2n) is 7.82. The molecule has 3 aromatic carbocycles. The molecule has 0 fully saturated rings. The maximum atomic E-state index is 13.4. The normalized spacial score (nSPS) is 17.5. The standard InChI is InChI=1S/C26H23ClN2O2/c1-26(15-8-16-29(26)18-19-9-4-2-5-10-19)25(31)28-23-14-13-21(27)17-22(23)24(30)20-11-6-3-7-12-20/h2-14,16-17H,15,18H2,1H3,(H,28,31)/t26-/m0/s1. The molecule has 0 saturated heterocycles. The molecule has 1 N–H and O–H groups in total. The quantitative estimate of drug-likeness (QED) is 0.511. The van der Waals surface area contributed by atoms with Gasteiger partial charge in [-0.3, -0.25) is 9.59 Å². The molecule has 1 aliphatic heterocycles. The molecule has 1 heterocycles. The van der Waals surface area contributed by atoms with Crippen LogP contribution in [0.2, 0.25) is 5.02 Å². The summed E-state index contributed by atoms with van der Waals surface area (Å²) in [5, 5.41) is 3.43. The number of hydrogen-bond acceptors (Lipinski definition) is 3. The smallest absolute Gasteiger partial charge is 0.250 e. The number of ketones is 1. The highest BCUT2D eigenvalue weighted by molar-refractivity contribution is 6.31. The van der Waals surface area contributed by atoms with Crippen molar-refractivity contribution in [2.75, 3.05) is 5.32 Å². The molecule has 0 unspecified atom stereocenters. The minimum atomic E-state index is -0.761. The van der Waals surface area contributed by atoms with E-state index in [0.717, 1.165) is 5.56 Å². The fourth-order valence-corrected chi connectivity index (χ4v) is 3.91. The highest BCUT2D eigenvalue weighted by atomic mass is 35.5. The average Bonchev–Trinajstić information content (AvgIpc) is 3.17. The van der Waals surface area contributed by atoms with Crippen molar-refractivity contribution in [3.8, 4) is 0 Å². The predicted octanol–water partition coefficient (Wildman–Crippen LogP) is 5.69. The maximum absolute atomic E-state index is 13.4. The molecule has 0 saturated carbocycles. The molecule has 4 rings (SSSR count). The van der Waals surface area contributed by atoms with E-state index in [1.165, 1.54) is 0 Å². The van der Waals surface area contributed by atoms with Crippen molar-refractivity contribution in [1.29, 1.82) is 0 Å². The van der Waals surface area contributed by atoms with Gasteiger partial charge in [-0.2, -0.15) is 0 Å². The fourth-order valence-electron chi connectivity index (χ4n) is 3.74. The van der Waals surface area contributed by atoms with E-state index in [9.17, 15) is 9.59 Å². The Morgan fingerprint density at radius 2 is 1.68 bits per heavy atom. The molecule has 1 atom stereocenters. The highest BCUT2D eigenvalue weighted by Crippen LogP contribution is 2.31. The summed E-state index contributed by atoms with van der Waals surface area (Å²) in [6, 6.07) is 24.0. The molecule has 0 aliphatic carbocycles. The van der Waals surface area contributed by atoms with Gasteiger partial charge in [-0.05, 0) is 43.3 Å². The molecule has 0 radical (unpaired) electrons. The van der Waals surface area contributed by atoms with Crippen LogP contribution in [0.1, 0.15) is 34.8 Å². The van der Waals surface area contributed by atoms with Gasteiger partial charge >= 0.3 is 0 Å². The molecule has 5 heteroatoms. The molecule has 0 bridgehead atoms. The van der Waals surface area contributed by atoms with Gasteiger partial charge in [0.15, 0.2) is 5.78 Å². The van der Waals surface area contributed by atoms with Gasteiger partial charge in [0.1, 0.15) is 5.54 Å². The number of carbonyl (C=O) groups excluding carboxylic acids is 2. The predicted molar refractivity (Wildman–Crippen MR) is 124 cm³/mol. The van der Waals surface area contributed by atoms with Crippen molar-refractivity contribution in [3.05, 3.63) is 113 Å². The van der Waals surface area contributed by atoms with E-state index in [-0.39, 0.29) is 11.7 Å². The third-order valence-corrected chi connectivity index (χ3v) is 5.87. The highest BCUT2D eigenvalue weighted by Gasteiger charge is 2.40. The van der Waals surface area contributed by atoms with E-state index >= 15 is 0 Å². The van der Waals surface area contributed by atoms with E-state index in [1.807, 2.05) is 72.6 Å². The lowest BCUT2D eigenvalue weighted by Gasteiger charge is -2.35. The number of hydrogen-bond donors (Lipinski definition) is 1. The Bertz CT molecular complexity index is 1130. The van der Waals surface area contributed by atoms with Crippen molar-refractivity contribution in [2.24, 2.45) is 0 Å². The minimum Gasteiger partial charge on any atom is -0.359 e. The van der Waals surface area contributed by atoms with Crippen LogP contribution in [0.15, 0.2) is 91.1 Å². The van der Waals surface area contributed by atoms with Crippen LogP contribution in [0.4, 0.5) is 5.69 Å². The first kappa shape index (κ1) is 20.9. The fraction of sp³-hybridized carbons (Fsp3) is 0.154. The van der Waals surface area contributed by atoms with Crippen LogP contribution < -0.4 is 5.32 Å². The Labute approximate surface area is 187 Å². The maximum Gasteiger partial charge on any atom is 0.250 e. The lowest BCUT2D eigenvalue weighted by Crippen LogP contribution is -2.49. The summed E-state index contributed by atoms with van der Waals surface area (Å²) in [6.07, 6.45) is 4.55. The van der Waals surface area contributed by atoms with Crippen LogP contribution in [-0.2, 0) is 11.3 Å². The van der Waals surface area contributed by atoms with Crippen LogP contribution in [0, 0.1) is 0 Å². The van der Waals surface area contributed by atoms with E-state index < -0.39 is 5.54 Å². The van der Waals surface area contributed by atoms with Gasteiger partial charge < -0.3 is 10.2 Å². The van der Waals surface area contributed by atoms with Gasteiger partial charge in [-0.25, -0.2) is 0 Å². The van der Waals surface area contributed by atoms with Crippen LogP contribution >= 0.6 is 11.6 Å². The second-order valence-corrected chi connectivity index (χ2v) is 8.25. The summed E-state index contributed by atoms with van der Waals surface area (Å²) in [5.41, 5.74) is 1.73. The molecule has 0 spiro atoms. The Kier molecular flexibility index (Phi) is 5.92. The van der Waals surface area contributed by atoms with E-state index in [0.29, 0.717) is 34.8 Å². The number of benzene rings is 3. The topological polar surface area (TPSA) is 49.4 Å². The molecular weight excluding hydrogens is 408 g/mol. The van der Waals surface area contributed by atoms with E-state index in [2.05, 4.69) is 5.32 Å². The molecular formula is C26H23ClN2O2. The summed E-state index contributed by atoms with van der Waals surface area (Å²) >= 11 is 6.17. The summed E-state index contributed by atoms with van der Waals surface area (Å²) < 4.78 is 0. The molecule has 31 heavy (non-hydrogen) atoms.